The van der Waals surface area contributed by atoms with Crippen LogP contribution in [0.25, 0.3) is 0 Å². The Hall–Kier alpha value is -3.15. The monoisotopic (exact) mass is 468 g/mol. The van der Waals surface area contributed by atoms with E-state index in [1.165, 1.54) is 6.07 Å². The lowest BCUT2D eigenvalue weighted by Crippen LogP contribution is -2.46. The van der Waals surface area contributed by atoms with Crippen molar-refractivity contribution in [2.45, 2.75) is 52.6 Å². The summed E-state index contributed by atoms with van der Waals surface area (Å²) in [7, 11) is 0. The molecule has 0 radical (unpaired) electrons. The normalized spacial score (nSPS) is 18.7. The first kappa shape index (κ1) is 24.5. The number of carbonyl (C=O) groups excluding carboxylic acids is 1. The number of aryl methyl sites for hydroxylation is 1. The first-order valence-corrected chi connectivity index (χ1v) is 10.6. The number of carbonyl (C=O) groups is 1. The van der Waals surface area contributed by atoms with E-state index in [2.05, 4.69) is 30.7 Å². The Balaban J connectivity index is 1.63. The Kier molecular flexibility index (Phi) is 7.57. The molecule has 0 aromatic carbocycles. The summed E-state index contributed by atoms with van der Waals surface area (Å²) >= 11 is 0. The van der Waals surface area contributed by atoms with E-state index < -0.39 is 17.9 Å². The summed E-state index contributed by atoms with van der Waals surface area (Å²) in [6.45, 7) is 9.12. The van der Waals surface area contributed by atoms with Crippen LogP contribution >= 0.6 is 0 Å². The van der Waals surface area contributed by atoms with Gasteiger partial charge in [0, 0.05) is 24.8 Å². The van der Waals surface area contributed by atoms with Gasteiger partial charge in [-0.25, -0.2) is 9.78 Å². The van der Waals surface area contributed by atoms with Crippen LogP contribution in [-0.2, 0) is 17.5 Å². The molecule has 2 aromatic rings. The second-order valence-electron chi connectivity index (χ2n) is 7.82. The minimum Gasteiger partial charge on any atom is -0.478 e. The number of amides is 2. The van der Waals surface area contributed by atoms with E-state index in [4.69, 9.17) is 9.47 Å². The van der Waals surface area contributed by atoms with E-state index in [0.29, 0.717) is 18.8 Å². The first-order chi connectivity index (χ1) is 15.5. The highest BCUT2D eigenvalue weighted by molar-refractivity contribution is 5.89. The molecule has 0 aliphatic carbocycles. The number of hydrogen-bond donors (Lipinski definition) is 2. The summed E-state index contributed by atoms with van der Waals surface area (Å²) < 4.78 is 50.0. The maximum absolute atomic E-state index is 13.1. The summed E-state index contributed by atoms with van der Waals surface area (Å²) in [6, 6.07) is 3.08. The van der Waals surface area contributed by atoms with Crippen LogP contribution in [0.1, 0.15) is 37.7 Å². The van der Waals surface area contributed by atoms with Crippen LogP contribution in [0.3, 0.4) is 0 Å². The first-order valence-electron chi connectivity index (χ1n) is 10.6. The van der Waals surface area contributed by atoms with E-state index in [1.54, 1.807) is 6.92 Å². The number of rotatable bonds is 6. The number of pyridine rings is 1. The second-order valence-corrected chi connectivity index (χ2v) is 7.82. The fourth-order valence-electron chi connectivity index (χ4n) is 3.57. The molecule has 2 N–H and O–H groups in total. The minimum absolute atomic E-state index is 0.0470. The smallest absolute Gasteiger partial charge is 0.433 e. The number of morpholine rings is 1. The van der Waals surface area contributed by atoms with Crippen molar-refractivity contribution in [3.05, 3.63) is 35.2 Å². The lowest BCUT2D eigenvalue weighted by atomic mass is 10.2. The van der Waals surface area contributed by atoms with Crippen LogP contribution in [0.5, 0.6) is 5.88 Å². The molecule has 1 aliphatic heterocycles. The van der Waals surface area contributed by atoms with Crippen molar-refractivity contribution < 1.29 is 27.4 Å². The molecule has 1 saturated heterocycles. The SMILES string of the molecule is CCOc1cc(NC(=O)NCc2cc(C)c(N3C[C@@H](C)O[C@H](C)C3)nn2)cc(C(F)(F)F)n1. The van der Waals surface area contributed by atoms with Gasteiger partial charge in [-0.1, -0.05) is 0 Å². The van der Waals surface area contributed by atoms with Gasteiger partial charge >= 0.3 is 12.2 Å². The van der Waals surface area contributed by atoms with Gasteiger partial charge in [-0.3, -0.25) is 0 Å². The summed E-state index contributed by atoms with van der Waals surface area (Å²) in [5.41, 5.74) is 0.161. The second kappa shape index (κ2) is 10.2. The van der Waals surface area contributed by atoms with Crippen molar-refractivity contribution in [1.82, 2.24) is 20.5 Å². The largest absolute Gasteiger partial charge is 0.478 e. The molecule has 0 saturated carbocycles. The van der Waals surface area contributed by atoms with Crippen LogP contribution in [0.15, 0.2) is 18.2 Å². The molecule has 3 heterocycles. The summed E-state index contributed by atoms with van der Waals surface area (Å²) in [5, 5.41) is 13.4. The van der Waals surface area contributed by atoms with Crippen LogP contribution in [0.2, 0.25) is 0 Å². The van der Waals surface area contributed by atoms with Crippen LogP contribution in [0, 0.1) is 6.92 Å². The predicted molar refractivity (Wildman–Crippen MR) is 115 cm³/mol. The van der Waals surface area contributed by atoms with Crippen molar-refractivity contribution in [2.75, 3.05) is 29.9 Å². The molecule has 33 heavy (non-hydrogen) atoms. The number of urea groups is 1. The van der Waals surface area contributed by atoms with Crippen molar-refractivity contribution in [3.63, 3.8) is 0 Å². The number of ether oxygens (including phenoxy) is 2. The Bertz CT molecular complexity index is 978. The fourth-order valence-corrected chi connectivity index (χ4v) is 3.57. The van der Waals surface area contributed by atoms with Crippen LogP contribution in [-0.4, -0.2) is 53.1 Å². The van der Waals surface area contributed by atoms with Gasteiger partial charge in [-0.15, -0.1) is 5.10 Å². The number of hydrogen-bond acceptors (Lipinski definition) is 7. The van der Waals surface area contributed by atoms with E-state index in [0.717, 1.165) is 17.4 Å². The Morgan fingerprint density at radius 2 is 1.91 bits per heavy atom. The molecule has 0 bridgehead atoms. The van der Waals surface area contributed by atoms with E-state index in [-0.39, 0.29) is 36.9 Å². The van der Waals surface area contributed by atoms with E-state index >= 15 is 0 Å². The third-order valence-electron chi connectivity index (χ3n) is 4.80. The number of halogens is 3. The molecule has 180 valence electrons. The Morgan fingerprint density at radius 1 is 1.21 bits per heavy atom. The molecular formula is C21H27F3N6O3. The predicted octanol–water partition coefficient (Wildman–Crippen LogP) is 3.53. The molecule has 1 aliphatic rings. The summed E-state index contributed by atoms with van der Waals surface area (Å²) in [5.74, 6) is 0.525. The molecule has 2 amide bonds. The van der Waals surface area contributed by atoms with Crippen LogP contribution in [0.4, 0.5) is 29.5 Å². The van der Waals surface area contributed by atoms with E-state index in [1.807, 2.05) is 26.8 Å². The van der Waals surface area contributed by atoms with Gasteiger partial charge in [0.1, 0.15) is 0 Å². The fraction of sp³-hybridized carbons (Fsp3) is 0.524. The van der Waals surface area contributed by atoms with Gasteiger partial charge in [0.15, 0.2) is 11.5 Å². The summed E-state index contributed by atoms with van der Waals surface area (Å²) in [6.07, 6.45) is -4.52. The molecule has 2 aromatic heterocycles. The molecule has 9 nitrogen and oxygen atoms in total. The van der Waals surface area contributed by atoms with Crippen LogP contribution < -0.4 is 20.3 Å². The Labute approximate surface area is 189 Å². The number of nitrogens with one attached hydrogen (secondary N) is 2. The van der Waals surface area contributed by atoms with Gasteiger partial charge in [-0.05, 0) is 45.4 Å². The third kappa shape index (κ3) is 6.67. The number of nitrogens with zero attached hydrogens (tertiary/aromatic N) is 4. The highest BCUT2D eigenvalue weighted by Gasteiger charge is 2.33. The zero-order valence-corrected chi connectivity index (χ0v) is 18.9. The molecule has 0 spiro atoms. The van der Waals surface area contributed by atoms with Gasteiger partial charge in [0.05, 0.1) is 31.1 Å². The molecule has 3 rings (SSSR count). The average Bonchev–Trinajstić information content (AvgIpc) is 2.71. The lowest BCUT2D eigenvalue weighted by molar-refractivity contribution is -0.141. The number of aromatic nitrogens is 3. The van der Waals surface area contributed by atoms with Crippen molar-refractivity contribution in [3.8, 4) is 5.88 Å². The molecular weight excluding hydrogens is 441 g/mol. The molecule has 2 atom stereocenters. The van der Waals surface area contributed by atoms with Gasteiger partial charge in [0.25, 0.3) is 0 Å². The highest BCUT2D eigenvalue weighted by atomic mass is 19.4. The van der Waals surface area contributed by atoms with Gasteiger partial charge in [0.2, 0.25) is 5.88 Å². The quantitative estimate of drug-likeness (QED) is 0.669. The third-order valence-corrected chi connectivity index (χ3v) is 4.80. The number of alkyl halides is 3. The molecule has 0 unspecified atom stereocenters. The van der Waals surface area contributed by atoms with Gasteiger partial charge in [-0.2, -0.15) is 18.3 Å². The van der Waals surface area contributed by atoms with Crippen molar-refractivity contribution in [2.24, 2.45) is 0 Å². The maximum Gasteiger partial charge on any atom is 0.433 e. The minimum atomic E-state index is -4.68. The van der Waals surface area contributed by atoms with Crippen molar-refractivity contribution in [1.29, 1.82) is 0 Å². The highest BCUT2D eigenvalue weighted by Crippen LogP contribution is 2.31. The molecule has 1 fully saturated rings. The zero-order valence-electron chi connectivity index (χ0n) is 18.9. The van der Waals surface area contributed by atoms with E-state index in [9.17, 15) is 18.0 Å². The van der Waals surface area contributed by atoms with Gasteiger partial charge < -0.3 is 25.0 Å². The molecule has 12 heteroatoms. The number of anilines is 2. The summed E-state index contributed by atoms with van der Waals surface area (Å²) in [4.78, 5) is 17.8. The average molecular weight is 468 g/mol. The standard InChI is InChI=1S/C21H27F3N6O3/c1-5-32-18-8-15(7-17(27-18)21(22,23)24)26-20(31)25-9-16-6-12(2)19(29-28-16)30-10-13(3)33-14(4)11-30/h6-8,13-14H,5,9-11H2,1-4H3,(H2,25,26,27,31)/t13-,14-/m1/s1. The Morgan fingerprint density at radius 3 is 2.52 bits per heavy atom. The lowest BCUT2D eigenvalue weighted by Gasteiger charge is -2.36. The van der Waals surface area contributed by atoms with Crippen molar-refractivity contribution >= 4 is 17.5 Å². The maximum atomic E-state index is 13.1. The topological polar surface area (TPSA) is 102 Å². The zero-order chi connectivity index (χ0) is 24.2.